The molecule has 0 fully saturated rings. The van der Waals surface area contributed by atoms with Crippen molar-refractivity contribution < 1.29 is 5.11 Å². The molecule has 1 aromatic carbocycles. The highest BCUT2D eigenvalue weighted by atomic mass is 16.3. The Hall–Kier alpha value is -2.91. The van der Waals surface area contributed by atoms with Gasteiger partial charge in [0.25, 0.3) is 0 Å². The third-order valence-corrected chi connectivity index (χ3v) is 3.31. The molecular formula is C16H15N5O. The number of benzene rings is 1. The van der Waals surface area contributed by atoms with Crippen molar-refractivity contribution in [1.82, 2.24) is 14.6 Å². The number of rotatable bonds is 5. The molecule has 0 saturated heterocycles. The van der Waals surface area contributed by atoms with Crippen molar-refractivity contribution >= 4 is 11.5 Å². The van der Waals surface area contributed by atoms with Crippen LogP contribution in [0, 0.1) is 11.3 Å². The van der Waals surface area contributed by atoms with Gasteiger partial charge in [0.1, 0.15) is 5.82 Å². The van der Waals surface area contributed by atoms with Gasteiger partial charge in [0.2, 0.25) is 0 Å². The van der Waals surface area contributed by atoms with Gasteiger partial charge in [-0.3, -0.25) is 0 Å². The predicted molar refractivity (Wildman–Crippen MR) is 83.3 cm³/mol. The number of aromatic nitrogens is 3. The van der Waals surface area contributed by atoms with Gasteiger partial charge in [-0.25, -0.2) is 9.50 Å². The van der Waals surface area contributed by atoms with Gasteiger partial charge in [0.15, 0.2) is 5.65 Å². The summed E-state index contributed by atoms with van der Waals surface area (Å²) in [6, 6.07) is 13.2. The average molecular weight is 293 g/mol. The molecular weight excluding hydrogens is 278 g/mol. The summed E-state index contributed by atoms with van der Waals surface area (Å²) in [7, 11) is 0. The third-order valence-electron chi connectivity index (χ3n) is 3.31. The minimum absolute atomic E-state index is 0.150. The Kier molecular flexibility index (Phi) is 3.99. The number of nitrogens with zero attached hydrogens (tertiary/aromatic N) is 4. The Bertz CT molecular complexity index is 817. The number of aliphatic hydroxyl groups is 1. The molecule has 2 N–H and O–H groups in total. The Morgan fingerprint density at radius 3 is 2.73 bits per heavy atom. The van der Waals surface area contributed by atoms with E-state index in [0.717, 1.165) is 22.7 Å². The summed E-state index contributed by atoms with van der Waals surface area (Å²) in [5, 5.41) is 25.4. The lowest BCUT2D eigenvalue weighted by atomic mass is 10.1. The predicted octanol–water partition coefficient (Wildman–Crippen LogP) is 2.06. The zero-order valence-electron chi connectivity index (χ0n) is 11.9. The van der Waals surface area contributed by atoms with E-state index in [1.165, 1.54) is 0 Å². The van der Waals surface area contributed by atoms with E-state index in [4.69, 9.17) is 10.4 Å². The van der Waals surface area contributed by atoms with Gasteiger partial charge in [0.05, 0.1) is 23.5 Å². The fraction of sp³-hybridized carbons (Fsp3) is 0.188. The van der Waals surface area contributed by atoms with Crippen LogP contribution in [0.2, 0.25) is 0 Å². The van der Waals surface area contributed by atoms with Gasteiger partial charge in [-0.2, -0.15) is 5.26 Å². The van der Waals surface area contributed by atoms with Crippen LogP contribution in [-0.2, 0) is 0 Å². The van der Waals surface area contributed by atoms with Gasteiger partial charge >= 0.3 is 0 Å². The zero-order valence-corrected chi connectivity index (χ0v) is 11.9. The normalized spacial score (nSPS) is 10.5. The summed E-state index contributed by atoms with van der Waals surface area (Å²) in [5.41, 5.74) is 3.20. The first-order valence-electron chi connectivity index (χ1n) is 7.02. The number of anilines is 1. The molecule has 0 aliphatic rings. The number of hydrogen-bond donors (Lipinski definition) is 2. The minimum atomic E-state index is 0.150. The Morgan fingerprint density at radius 1 is 1.18 bits per heavy atom. The van der Waals surface area contributed by atoms with Crippen LogP contribution in [0.25, 0.3) is 16.9 Å². The first-order chi connectivity index (χ1) is 10.8. The topological polar surface area (TPSA) is 86.2 Å². The lowest BCUT2D eigenvalue weighted by Gasteiger charge is -2.06. The lowest BCUT2D eigenvalue weighted by molar-refractivity contribution is 0.292. The third kappa shape index (κ3) is 2.75. The molecule has 0 aliphatic carbocycles. The average Bonchev–Trinajstić information content (AvgIpc) is 2.98. The molecule has 2 heterocycles. The summed E-state index contributed by atoms with van der Waals surface area (Å²) in [6.45, 7) is 0.812. The molecule has 0 atom stereocenters. The molecule has 0 bridgehead atoms. The van der Waals surface area contributed by atoms with E-state index in [1.54, 1.807) is 22.8 Å². The molecule has 0 radical (unpaired) electrons. The van der Waals surface area contributed by atoms with Gasteiger partial charge in [0, 0.05) is 18.7 Å². The summed E-state index contributed by atoms with van der Waals surface area (Å²) < 4.78 is 1.77. The summed E-state index contributed by atoms with van der Waals surface area (Å²) in [5.74, 6) is 0.730. The van der Waals surface area contributed by atoms with E-state index < -0.39 is 0 Å². The van der Waals surface area contributed by atoms with Crippen molar-refractivity contribution in [3.63, 3.8) is 0 Å². The molecule has 0 saturated carbocycles. The van der Waals surface area contributed by atoms with E-state index >= 15 is 0 Å². The van der Waals surface area contributed by atoms with Crippen LogP contribution in [0.1, 0.15) is 12.0 Å². The SMILES string of the molecule is N#Cc1ccc(-c2cnc3ccc(NCCCO)nn23)cc1. The second-order valence-electron chi connectivity index (χ2n) is 4.83. The maximum absolute atomic E-state index is 8.86. The fourth-order valence-electron chi connectivity index (χ4n) is 2.18. The van der Waals surface area contributed by atoms with E-state index in [9.17, 15) is 0 Å². The van der Waals surface area contributed by atoms with E-state index in [2.05, 4.69) is 21.5 Å². The lowest BCUT2D eigenvalue weighted by Crippen LogP contribution is -2.07. The maximum Gasteiger partial charge on any atom is 0.154 e. The quantitative estimate of drug-likeness (QED) is 0.703. The largest absolute Gasteiger partial charge is 0.396 e. The number of imidazole rings is 1. The molecule has 6 heteroatoms. The van der Waals surface area contributed by atoms with E-state index in [-0.39, 0.29) is 6.61 Å². The second kappa shape index (κ2) is 6.24. The van der Waals surface area contributed by atoms with Crippen molar-refractivity contribution in [3.05, 3.63) is 48.2 Å². The Morgan fingerprint density at radius 2 is 2.00 bits per heavy atom. The van der Waals surface area contributed by atoms with E-state index in [0.29, 0.717) is 18.5 Å². The van der Waals surface area contributed by atoms with Crippen molar-refractivity contribution in [2.24, 2.45) is 0 Å². The van der Waals surface area contributed by atoms with Crippen LogP contribution < -0.4 is 5.32 Å². The highest BCUT2D eigenvalue weighted by Gasteiger charge is 2.08. The van der Waals surface area contributed by atoms with Crippen LogP contribution in [0.4, 0.5) is 5.82 Å². The number of aliphatic hydroxyl groups excluding tert-OH is 1. The van der Waals surface area contributed by atoms with E-state index in [1.807, 2.05) is 24.3 Å². The van der Waals surface area contributed by atoms with Gasteiger partial charge < -0.3 is 10.4 Å². The molecule has 0 amide bonds. The monoisotopic (exact) mass is 293 g/mol. The zero-order chi connectivity index (χ0) is 15.4. The van der Waals surface area contributed by atoms with Crippen molar-refractivity contribution in [2.75, 3.05) is 18.5 Å². The standard InChI is InChI=1S/C16H15N5O/c17-10-12-2-4-13(5-3-12)14-11-19-16-7-6-15(20-21(14)16)18-8-1-9-22/h2-7,11,22H,1,8-9H2,(H,18,20). The fourth-order valence-corrected chi connectivity index (χ4v) is 2.18. The number of hydrogen-bond acceptors (Lipinski definition) is 5. The summed E-state index contributed by atoms with van der Waals surface area (Å²) in [6.07, 6.45) is 2.44. The Balaban J connectivity index is 1.95. The van der Waals surface area contributed by atoms with Crippen LogP contribution in [0.3, 0.4) is 0 Å². The molecule has 0 aliphatic heterocycles. The second-order valence-corrected chi connectivity index (χ2v) is 4.83. The van der Waals surface area contributed by atoms with Crippen LogP contribution in [-0.4, -0.2) is 32.9 Å². The van der Waals surface area contributed by atoms with Crippen LogP contribution >= 0.6 is 0 Å². The number of fused-ring (bicyclic) bond motifs is 1. The molecule has 2 aromatic heterocycles. The maximum atomic E-state index is 8.86. The summed E-state index contributed by atoms with van der Waals surface area (Å²) in [4.78, 5) is 4.34. The number of nitriles is 1. The van der Waals surface area contributed by atoms with Crippen molar-refractivity contribution in [1.29, 1.82) is 5.26 Å². The van der Waals surface area contributed by atoms with Gasteiger partial charge in [-0.1, -0.05) is 12.1 Å². The smallest absolute Gasteiger partial charge is 0.154 e. The molecule has 3 rings (SSSR count). The van der Waals surface area contributed by atoms with Crippen LogP contribution in [0.15, 0.2) is 42.6 Å². The van der Waals surface area contributed by atoms with Gasteiger partial charge in [-0.15, -0.1) is 5.10 Å². The van der Waals surface area contributed by atoms with Crippen molar-refractivity contribution in [3.8, 4) is 17.3 Å². The van der Waals surface area contributed by atoms with Crippen LogP contribution in [0.5, 0.6) is 0 Å². The minimum Gasteiger partial charge on any atom is -0.396 e. The highest BCUT2D eigenvalue weighted by Crippen LogP contribution is 2.21. The van der Waals surface area contributed by atoms with Gasteiger partial charge in [-0.05, 0) is 30.7 Å². The molecule has 0 unspecified atom stereocenters. The molecule has 22 heavy (non-hydrogen) atoms. The summed E-state index contributed by atoms with van der Waals surface area (Å²) >= 11 is 0. The first kappa shape index (κ1) is 14.0. The molecule has 6 nitrogen and oxygen atoms in total. The Labute approximate surface area is 127 Å². The first-order valence-corrected chi connectivity index (χ1v) is 7.02. The highest BCUT2D eigenvalue weighted by molar-refractivity contribution is 5.64. The van der Waals surface area contributed by atoms with Crippen molar-refractivity contribution in [2.45, 2.75) is 6.42 Å². The molecule has 3 aromatic rings. The number of nitrogens with one attached hydrogen (secondary N) is 1. The molecule has 0 spiro atoms. The molecule has 110 valence electrons.